The minimum Gasteiger partial charge on any atom is -0.497 e. The molecule has 1 N–H and O–H groups in total. The summed E-state index contributed by atoms with van der Waals surface area (Å²) in [5.74, 6) is 0.738. The van der Waals surface area contributed by atoms with Gasteiger partial charge in [0.15, 0.2) is 0 Å². The lowest BCUT2D eigenvalue weighted by Gasteiger charge is -2.14. The molecule has 2 aromatic rings. The highest BCUT2D eigenvalue weighted by atomic mass is 32.8. The van der Waals surface area contributed by atoms with E-state index in [1.165, 1.54) is 0 Å². The van der Waals surface area contributed by atoms with Gasteiger partial charge in [0.05, 0.1) is 27.5 Å². The minimum absolute atomic E-state index is 0.0265. The summed E-state index contributed by atoms with van der Waals surface area (Å²) in [6.45, 7) is 0. The quantitative estimate of drug-likeness (QED) is 0.922. The van der Waals surface area contributed by atoms with Crippen LogP contribution in [0.2, 0.25) is 0 Å². The van der Waals surface area contributed by atoms with E-state index in [0.29, 0.717) is 16.2 Å². The van der Waals surface area contributed by atoms with Crippen molar-refractivity contribution < 1.29 is 14.1 Å². The molecule has 3 nitrogen and oxygen atoms in total. The number of aliphatic hydroxyl groups is 1. The summed E-state index contributed by atoms with van der Waals surface area (Å²) in [5.41, 5.74) is 0.680. The summed E-state index contributed by atoms with van der Waals surface area (Å²) in [5, 5.41) is 10.2. The van der Waals surface area contributed by atoms with Gasteiger partial charge in [-0.05, 0) is 41.0 Å². The van der Waals surface area contributed by atoms with Crippen LogP contribution in [0.4, 0.5) is 0 Å². The molecule has 0 heterocycles. The lowest BCUT2D eigenvalue weighted by Crippen LogP contribution is -2.13. The molecule has 0 radical (unpaired) electrons. The molecule has 0 aliphatic heterocycles. The highest BCUT2D eigenvalue weighted by Gasteiger charge is 2.17. The van der Waals surface area contributed by atoms with Gasteiger partial charge in [-0.1, -0.05) is 30.3 Å². The van der Waals surface area contributed by atoms with Gasteiger partial charge in [0.2, 0.25) is 0 Å². The molecule has 0 aliphatic rings. The molecular formula is C15H16O3S2. The molecule has 0 amide bonds. The predicted molar refractivity (Wildman–Crippen MR) is 83.0 cm³/mol. The minimum atomic E-state index is -2.67. The fourth-order valence-corrected chi connectivity index (χ4v) is 3.95. The third kappa shape index (κ3) is 3.56. The van der Waals surface area contributed by atoms with Crippen molar-refractivity contribution >= 4 is 19.7 Å². The van der Waals surface area contributed by atoms with Crippen LogP contribution in [0, 0.1) is 0 Å². The van der Waals surface area contributed by atoms with Gasteiger partial charge in [0.25, 0.3) is 0 Å². The van der Waals surface area contributed by atoms with Gasteiger partial charge in [0.1, 0.15) is 5.75 Å². The van der Waals surface area contributed by atoms with Crippen molar-refractivity contribution in [1.29, 1.82) is 0 Å². The third-order valence-electron chi connectivity index (χ3n) is 2.98. The molecule has 0 bridgehead atoms. The Morgan fingerprint density at radius 1 is 1.15 bits per heavy atom. The van der Waals surface area contributed by atoms with Crippen molar-refractivity contribution in [3.05, 3.63) is 60.2 Å². The van der Waals surface area contributed by atoms with Gasteiger partial charge < -0.3 is 9.84 Å². The molecule has 0 aromatic heterocycles. The molecule has 0 saturated carbocycles. The van der Waals surface area contributed by atoms with Crippen molar-refractivity contribution in [2.75, 3.05) is 12.9 Å². The van der Waals surface area contributed by atoms with E-state index in [1.807, 2.05) is 6.07 Å². The largest absolute Gasteiger partial charge is 0.497 e. The molecule has 0 spiro atoms. The zero-order valence-electron chi connectivity index (χ0n) is 11.1. The van der Waals surface area contributed by atoms with Crippen LogP contribution in [0.3, 0.4) is 0 Å². The summed E-state index contributed by atoms with van der Waals surface area (Å²) in [4.78, 5) is 0.586. The van der Waals surface area contributed by atoms with E-state index in [0.717, 1.165) is 0 Å². The standard InChI is InChI=1S/C15H16O3S2/c1-18-13-9-7-12(8-10-13)15(16)11-20(17,19)14-5-3-2-4-6-14/h2-10,15-16H,11H2,1H3. The van der Waals surface area contributed by atoms with Gasteiger partial charge in [-0.15, -0.1) is 0 Å². The van der Waals surface area contributed by atoms with E-state index in [9.17, 15) is 9.32 Å². The average molecular weight is 308 g/mol. The number of benzene rings is 2. The maximum atomic E-state index is 12.5. The first-order chi connectivity index (χ1) is 9.53. The number of hydrogen-bond donors (Lipinski definition) is 1. The molecule has 0 fully saturated rings. The first-order valence-electron chi connectivity index (χ1n) is 6.13. The second-order valence-corrected chi connectivity index (χ2v) is 8.03. The number of methoxy groups -OCH3 is 1. The number of hydrogen-bond acceptors (Lipinski definition) is 4. The summed E-state index contributed by atoms with van der Waals surface area (Å²) < 4.78 is 17.6. The first-order valence-corrected chi connectivity index (χ1v) is 8.78. The van der Waals surface area contributed by atoms with Gasteiger partial charge in [0, 0.05) is 4.90 Å². The molecule has 0 saturated heterocycles. The lowest BCUT2D eigenvalue weighted by molar-refractivity contribution is 0.203. The van der Waals surface area contributed by atoms with Crippen LogP contribution < -0.4 is 4.74 Å². The van der Waals surface area contributed by atoms with Crippen molar-refractivity contribution in [3.8, 4) is 5.75 Å². The molecule has 20 heavy (non-hydrogen) atoms. The zero-order valence-corrected chi connectivity index (χ0v) is 12.7. The molecule has 106 valence electrons. The highest BCUT2D eigenvalue weighted by molar-refractivity contribution is 8.33. The van der Waals surface area contributed by atoms with Gasteiger partial charge in [-0.25, -0.2) is 0 Å². The van der Waals surface area contributed by atoms with Crippen molar-refractivity contribution in [2.45, 2.75) is 11.0 Å². The zero-order chi connectivity index (χ0) is 14.6. The Kier molecular flexibility index (Phi) is 4.75. The Labute approximate surface area is 123 Å². The predicted octanol–water partition coefficient (Wildman–Crippen LogP) is 2.53. The Balaban J connectivity index is 2.16. The second kappa shape index (κ2) is 6.35. The monoisotopic (exact) mass is 308 g/mol. The smallest absolute Gasteiger partial charge is 0.118 e. The van der Waals surface area contributed by atoms with Crippen molar-refractivity contribution in [1.82, 2.24) is 0 Å². The molecule has 5 heteroatoms. The third-order valence-corrected chi connectivity index (χ3v) is 5.71. The lowest BCUT2D eigenvalue weighted by atomic mass is 10.1. The van der Waals surface area contributed by atoms with E-state index >= 15 is 0 Å². The highest BCUT2D eigenvalue weighted by Crippen LogP contribution is 2.22. The Bertz CT molecular complexity index is 649. The van der Waals surface area contributed by atoms with Crippen LogP contribution in [0.15, 0.2) is 59.5 Å². The fourth-order valence-electron chi connectivity index (χ4n) is 1.85. The Hall–Kier alpha value is -1.43. The SMILES string of the molecule is COc1ccc(C(O)CS(=O)(=S)c2ccccc2)cc1. The van der Waals surface area contributed by atoms with Crippen molar-refractivity contribution in [2.24, 2.45) is 0 Å². The Morgan fingerprint density at radius 2 is 1.75 bits per heavy atom. The second-order valence-electron chi connectivity index (χ2n) is 4.38. The van der Waals surface area contributed by atoms with Gasteiger partial charge in [-0.3, -0.25) is 4.21 Å². The molecular weight excluding hydrogens is 292 g/mol. The van der Waals surface area contributed by atoms with E-state index in [2.05, 4.69) is 0 Å². The van der Waals surface area contributed by atoms with E-state index in [1.54, 1.807) is 55.6 Å². The van der Waals surface area contributed by atoms with Crippen LogP contribution >= 0.6 is 0 Å². The first kappa shape index (κ1) is 15.0. The van der Waals surface area contributed by atoms with Gasteiger partial charge in [-0.2, -0.15) is 0 Å². The van der Waals surface area contributed by atoms with Crippen LogP contribution in [0.25, 0.3) is 0 Å². The maximum absolute atomic E-state index is 12.5. The topological polar surface area (TPSA) is 46.5 Å². The molecule has 0 aliphatic carbocycles. The van der Waals surface area contributed by atoms with Crippen LogP contribution in [-0.2, 0) is 19.7 Å². The van der Waals surface area contributed by atoms with E-state index in [-0.39, 0.29) is 5.75 Å². The maximum Gasteiger partial charge on any atom is 0.118 e. The van der Waals surface area contributed by atoms with E-state index < -0.39 is 14.6 Å². The summed E-state index contributed by atoms with van der Waals surface area (Å²) >= 11 is 5.18. The average Bonchev–Trinajstić information content (AvgIpc) is 2.48. The summed E-state index contributed by atoms with van der Waals surface area (Å²) in [6, 6.07) is 15.9. The van der Waals surface area contributed by atoms with Gasteiger partial charge >= 0.3 is 0 Å². The van der Waals surface area contributed by atoms with E-state index in [4.69, 9.17) is 15.9 Å². The number of rotatable bonds is 5. The van der Waals surface area contributed by atoms with Crippen LogP contribution in [0.5, 0.6) is 5.75 Å². The Morgan fingerprint density at radius 3 is 2.30 bits per heavy atom. The summed E-state index contributed by atoms with van der Waals surface area (Å²) in [7, 11) is -1.09. The van der Waals surface area contributed by atoms with Crippen molar-refractivity contribution in [3.63, 3.8) is 0 Å². The van der Waals surface area contributed by atoms with Crippen LogP contribution in [-0.4, -0.2) is 22.2 Å². The number of aliphatic hydroxyl groups excluding tert-OH is 1. The fraction of sp³-hybridized carbons (Fsp3) is 0.200. The molecule has 2 aromatic carbocycles. The molecule has 2 atom stereocenters. The summed E-state index contributed by atoms with van der Waals surface area (Å²) in [6.07, 6.45) is -0.855. The molecule has 2 unspecified atom stereocenters. The number of ether oxygens (including phenoxy) is 1. The molecule has 2 rings (SSSR count). The normalized spacial score (nSPS) is 15.3. The van der Waals surface area contributed by atoms with Crippen LogP contribution in [0.1, 0.15) is 11.7 Å².